The van der Waals surface area contributed by atoms with Crippen LogP contribution in [-0.2, 0) is 11.2 Å². The van der Waals surface area contributed by atoms with E-state index < -0.39 is 0 Å². The molecule has 0 saturated heterocycles. The maximum absolute atomic E-state index is 12.1. The minimum Gasteiger partial charge on any atom is -0.398 e. The van der Waals surface area contributed by atoms with Crippen molar-refractivity contribution in [3.05, 3.63) is 57.6 Å². The normalized spacial score (nSPS) is 10.4. The highest BCUT2D eigenvalue weighted by molar-refractivity contribution is 9.10. The number of halogens is 1. The van der Waals surface area contributed by atoms with Gasteiger partial charge in [0.25, 0.3) is 0 Å². The van der Waals surface area contributed by atoms with Crippen LogP contribution in [0.25, 0.3) is 0 Å². The van der Waals surface area contributed by atoms with Crippen molar-refractivity contribution in [3.8, 4) is 0 Å². The molecule has 0 aliphatic carbocycles. The summed E-state index contributed by atoms with van der Waals surface area (Å²) in [6, 6.07) is 11.8. The van der Waals surface area contributed by atoms with E-state index in [1.54, 1.807) is 6.07 Å². The highest BCUT2D eigenvalue weighted by atomic mass is 79.9. The molecule has 0 heterocycles. The summed E-state index contributed by atoms with van der Waals surface area (Å²) in [7, 11) is 0. The van der Waals surface area contributed by atoms with Crippen molar-refractivity contribution in [1.82, 2.24) is 0 Å². The Hall–Kier alpha value is -1.81. The van der Waals surface area contributed by atoms with Gasteiger partial charge in [0, 0.05) is 16.6 Å². The van der Waals surface area contributed by atoms with E-state index in [-0.39, 0.29) is 5.91 Å². The molecule has 0 aliphatic rings. The lowest BCUT2D eigenvalue weighted by Gasteiger charge is -2.11. The lowest BCUT2D eigenvalue weighted by molar-refractivity contribution is -0.116. The summed E-state index contributed by atoms with van der Waals surface area (Å²) in [5.41, 5.74) is 10.7. The number of nitrogens with one attached hydrogen (secondary N) is 1. The van der Waals surface area contributed by atoms with Crippen LogP contribution in [0.4, 0.5) is 11.4 Å². The molecule has 0 spiro atoms. The number of rotatable bonds is 4. The molecule has 0 bridgehead atoms. The second kappa shape index (κ2) is 6.76. The van der Waals surface area contributed by atoms with Gasteiger partial charge in [-0.15, -0.1) is 0 Å². The van der Waals surface area contributed by atoms with Gasteiger partial charge in [-0.1, -0.05) is 24.3 Å². The molecule has 3 N–H and O–H groups in total. The van der Waals surface area contributed by atoms with Crippen LogP contribution in [-0.4, -0.2) is 5.91 Å². The molecule has 0 aliphatic heterocycles. The fourth-order valence-electron chi connectivity index (χ4n) is 2.14. The highest BCUT2D eigenvalue weighted by Crippen LogP contribution is 2.28. The predicted molar refractivity (Wildman–Crippen MR) is 91.4 cm³/mol. The number of amides is 1. The third-order valence-electron chi connectivity index (χ3n) is 3.51. The van der Waals surface area contributed by atoms with Gasteiger partial charge in [-0.3, -0.25) is 4.79 Å². The Balaban J connectivity index is 1.99. The lowest BCUT2D eigenvalue weighted by Crippen LogP contribution is -2.13. The summed E-state index contributed by atoms with van der Waals surface area (Å²) >= 11 is 3.45. The average molecular weight is 347 g/mol. The first-order chi connectivity index (χ1) is 9.97. The van der Waals surface area contributed by atoms with Gasteiger partial charge in [0.05, 0.1) is 5.69 Å². The SMILES string of the molecule is Cc1cc(Br)c(NC(=O)CCc2ccccc2C)cc1N. The molecule has 2 aromatic carbocycles. The Morgan fingerprint density at radius 2 is 1.90 bits per heavy atom. The fraction of sp³-hybridized carbons (Fsp3) is 0.235. The standard InChI is InChI=1S/C17H19BrN2O/c1-11-5-3-4-6-13(11)7-8-17(21)20-16-10-15(19)12(2)9-14(16)18/h3-6,9-10H,7-8,19H2,1-2H3,(H,20,21). The van der Waals surface area contributed by atoms with Crippen LogP contribution < -0.4 is 11.1 Å². The fourth-order valence-corrected chi connectivity index (χ4v) is 2.69. The third kappa shape index (κ3) is 4.08. The Bertz CT molecular complexity index is 668. The number of hydrogen-bond acceptors (Lipinski definition) is 2. The minimum absolute atomic E-state index is 0.0118. The molecule has 0 saturated carbocycles. The van der Waals surface area contributed by atoms with Crippen LogP contribution in [0.5, 0.6) is 0 Å². The van der Waals surface area contributed by atoms with Gasteiger partial charge in [0.1, 0.15) is 0 Å². The van der Waals surface area contributed by atoms with Gasteiger partial charge in [0.2, 0.25) is 5.91 Å². The van der Waals surface area contributed by atoms with Crippen molar-refractivity contribution in [2.24, 2.45) is 0 Å². The average Bonchev–Trinajstić information content (AvgIpc) is 2.44. The Morgan fingerprint density at radius 1 is 1.19 bits per heavy atom. The molecular weight excluding hydrogens is 328 g/mol. The van der Waals surface area contributed by atoms with Crippen molar-refractivity contribution in [2.45, 2.75) is 26.7 Å². The number of benzene rings is 2. The second-order valence-corrected chi connectivity index (χ2v) is 6.02. The van der Waals surface area contributed by atoms with E-state index in [9.17, 15) is 4.79 Å². The molecule has 2 rings (SSSR count). The van der Waals surface area contributed by atoms with Crippen molar-refractivity contribution in [1.29, 1.82) is 0 Å². The molecule has 110 valence electrons. The van der Waals surface area contributed by atoms with Gasteiger partial charge in [-0.25, -0.2) is 0 Å². The summed E-state index contributed by atoms with van der Waals surface area (Å²) in [6.45, 7) is 3.99. The van der Waals surface area contributed by atoms with Crippen molar-refractivity contribution < 1.29 is 4.79 Å². The van der Waals surface area contributed by atoms with E-state index in [0.717, 1.165) is 16.5 Å². The quantitative estimate of drug-likeness (QED) is 0.814. The van der Waals surface area contributed by atoms with E-state index >= 15 is 0 Å². The van der Waals surface area contributed by atoms with Crippen LogP contribution in [0.1, 0.15) is 23.1 Å². The molecule has 21 heavy (non-hydrogen) atoms. The number of aryl methyl sites for hydroxylation is 3. The van der Waals surface area contributed by atoms with Crippen LogP contribution in [0.3, 0.4) is 0 Å². The molecule has 0 fully saturated rings. The number of carbonyl (C=O) groups excluding carboxylic acids is 1. The smallest absolute Gasteiger partial charge is 0.224 e. The lowest BCUT2D eigenvalue weighted by atomic mass is 10.0. The Labute approximate surface area is 133 Å². The number of nitrogens with two attached hydrogens (primary N) is 1. The van der Waals surface area contributed by atoms with E-state index in [1.807, 2.05) is 25.1 Å². The first-order valence-electron chi connectivity index (χ1n) is 6.87. The second-order valence-electron chi connectivity index (χ2n) is 5.16. The van der Waals surface area contributed by atoms with Crippen LogP contribution in [0.15, 0.2) is 40.9 Å². The minimum atomic E-state index is -0.0118. The van der Waals surface area contributed by atoms with Crippen molar-refractivity contribution in [3.63, 3.8) is 0 Å². The zero-order valence-electron chi connectivity index (χ0n) is 12.2. The Kier molecular flexibility index (Phi) is 5.02. The topological polar surface area (TPSA) is 55.1 Å². The summed E-state index contributed by atoms with van der Waals surface area (Å²) in [6.07, 6.45) is 1.18. The molecule has 4 heteroatoms. The van der Waals surface area contributed by atoms with Gasteiger partial charge >= 0.3 is 0 Å². The third-order valence-corrected chi connectivity index (χ3v) is 4.17. The number of hydrogen-bond donors (Lipinski definition) is 2. The molecule has 2 aromatic rings. The molecule has 1 amide bonds. The van der Waals surface area contributed by atoms with Crippen molar-refractivity contribution in [2.75, 3.05) is 11.1 Å². The van der Waals surface area contributed by atoms with E-state index in [2.05, 4.69) is 40.3 Å². The molecule has 0 radical (unpaired) electrons. The summed E-state index contributed by atoms with van der Waals surface area (Å²) in [5.74, 6) is -0.0118. The predicted octanol–water partition coefficient (Wildman–Crippen LogP) is 4.22. The van der Waals surface area contributed by atoms with Gasteiger partial charge < -0.3 is 11.1 Å². The monoisotopic (exact) mass is 346 g/mol. The van der Waals surface area contributed by atoms with Crippen LogP contribution in [0.2, 0.25) is 0 Å². The highest BCUT2D eigenvalue weighted by Gasteiger charge is 2.08. The summed E-state index contributed by atoms with van der Waals surface area (Å²) in [4.78, 5) is 12.1. The maximum Gasteiger partial charge on any atom is 0.224 e. The molecule has 3 nitrogen and oxygen atoms in total. The summed E-state index contributed by atoms with van der Waals surface area (Å²) < 4.78 is 0.846. The largest absolute Gasteiger partial charge is 0.398 e. The number of anilines is 2. The zero-order chi connectivity index (χ0) is 15.4. The molecular formula is C17H19BrN2O. The van der Waals surface area contributed by atoms with Crippen molar-refractivity contribution >= 4 is 33.2 Å². The van der Waals surface area contributed by atoms with E-state index in [0.29, 0.717) is 17.8 Å². The summed E-state index contributed by atoms with van der Waals surface area (Å²) in [5, 5.41) is 2.90. The van der Waals surface area contributed by atoms with Gasteiger partial charge in [-0.05, 0) is 65.0 Å². The molecule has 0 unspecified atom stereocenters. The first-order valence-corrected chi connectivity index (χ1v) is 7.66. The van der Waals surface area contributed by atoms with Crippen LogP contribution in [0, 0.1) is 13.8 Å². The number of carbonyl (C=O) groups is 1. The maximum atomic E-state index is 12.1. The van der Waals surface area contributed by atoms with E-state index in [1.165, 1.54) is 11.1 Å². The van der Waals surface area contributed by atoms with Gasteiger partial charge in [-0.2, -0.15) is 0 Å². The molecule has 0 aromatic heterocycles. The van der Waals surface area contributed by atoms with Gasteiger partial charge in [0.15, 0.2) is 0 Å². The number of nitrogen functional groups attached to an aromatic ring is 1. The molecule has 0 atom stereocenters. The first kappa shape index (κ1) is 15.6. The van der Waals surface area contributed by atoms with E-state index in [4.69, 9.17) is 5.73 Å². The van der Waals surface area contributed by atoms with Crippen LogP contribution >= 0.6 is 15.9 Å². The Morgan fingerprint density at radius 3 is 2.62 bits per heavy atom. The zero-order valence-corrected chi connectivity index (χ0v) is 13.8.